The first-order chi connectivity index (χ1) is 9.84. The fraction of sp³-hybridized carbons (Fsp3) is 0.412. The first kappa shape index (κ1) is 15.3. The molecular formula is C17H19NO3. The largest absolute Gasteiger partial charge is 0.384 e. The van der Waals surface area contributed by atoms with Crippen LogP contribution in [0.1, 0.15) is 37.8 Å². The maximum atomic E-state index is 12.3. The van der Waals surface area contributed by atoms with Crippen LogP contribution in [0.5, 0.6) is 0 Å². The minimum atomic E-state index is -0.283. The average molecular weight is 285 g/mol. The van der Waals surface area contributed by atoms with Gasteiger partial charge in [-0.3, -0.25) is 14.5 Å². The summed E-state index contributed by atoms with van der Waals surface area (Å²) in [5.74, 6) is 5.07. The van der Waals surface area contributed by atoms with Gasteiger partial charge in [-0.25, -0.2) is 0 Å². The van der Waals surface area contributed by atoms with Crippen LogP contribution in [0, 0.1) is 24.2 Å². The Hall–Kier alpha value is -2.12. The number of aliphatic hydroxyl groups excluding tert-OH is 1. The molecule has 1 aliphatic rings. The standard InChI is InChI=1S/C17H19NO3/c1-12-6-7-14(9-13(12)5-4-8-19)18-15(20)10-17(2,3)11-16(18)21/h6-7,9,19H,8,10-11H2,1-3H3. The van der Waals surface area contributed by atoms with E-state index in [-0.39, 0.29) is 23.8 Å². The summed E-state index contributed by atoms with van der Waals surface area (Å²) in [7, 11) is 0. The van der Waals surface area contributed by atoms with E-state index in [0.717, 1.165) is 5.56 Å². The number of rotatable bonds is 1. The van der Waals surface area contributed by atoms with Gasteiger partial charge in [-0.2, -0.15) is 0 Å². The van der Waals surface area contributed by atoms with Crippen LogP contribution in [-0.4, -0.2) is 23.5 Å². The fourth-order valence-electron chi connectivity index (χ4n) is 2.48. The fourth-order valence-corrected chi connectivity index (χ4v) is 2.48. The van der Waals surface area contributed by atoms with Crippen molar-refractivity contribution in [2.75, 3.05) is 11.5 Å². The molecule has 0 atom stereocenters. The molecule has 0 radical (unpaired) electrons. The predicted molar refractivity (Wildman–Crippen MR) is 80.7 cm³/mol. The van der Waals surface area contributed by atoms with Gasteiger partial charge in [-0.15, -0.1) is 0 Å². The SMILES string of the molecule is Cc1ccc(N2C(=O)CC(C)(C)CC2=O)cc1C#CCO. The third kappa shape index (κ3) is 3.32. The number of carbonyl (C=O) groups excluding carboxylic acids is 2. The molecule has 0 aromatic heterocycles. The average Bonchev–Trinajstić information content (AvgIpc) is 2.36. The van der Waals surface area contributed by atoms with Crippen LogP contribution in [0.15, 0.2) is 18.2 Å². The van der Waals surface area contributed by atoms with E-state index in [1.54, 1.807) is 12.1 Å². The number of nitrogens with zero attached hydrogens (tertiary/aromatic N) is 1. The third-order valence-corrected chi connectivity index (χ3v) is 3.54. The van der Waals surface area contributed by atoms with Crippen molar-refractivity contribution < 1.29 is 14.7 Å². The Kier molecular flexibility index (Phi) is 4.15. The van der Waals surface area contributed by atoms with Crippen LogP contribution in [0.3, 0.4) is 0 Å². The maximum Gasteiger partial charge on any atom is 0.234 e. The molecule has 1 aromatic rings. The molecule has 1 N–H and O–H groups in total. The topological polar surface area (TPSA) is 57.6 Å². The van der Waals surface area contributed by atoms with Crippen molar-refractivity contribution in [2.45, 2.75) is 33.6 Å². The minimum absolute atomic E-state index is 0.179. The molecule has 1 heterocycles. The van der Waals surface area contributed by atoms with Crippen LogP contribution in [0.2, 0.25) is 0 Å². The van der Waals surface area contributed by atoms with Gasteiger partial charge in [0.2, 0.25) is 11.8 Å². The van der Waals surface area contributed by atoms with E-state index in [2.05, 4.69) is 11.8 Å². The molecule has 2 rings (SSSR count). The Labute approximate surface area is 124 Å². The molecule has 1 aliphatic heterocycles. The first-order valence-electron chi connectivity index (χ1n) is 6.90. The highest BCUT2D eigenvalue weighted by Crippen LogP contribution is 2.34. The van der Waals surface area contributed by atoms with Gasteiger partial charge in [0.1, 0.15) is 6.61 Å². The molecule has 4 heteroatoms. The van der Waals surface area contributed by atoms with Gasteiger partial charge in [-0.1, -0.05) is 31.8 Å². The van der Waals surface area contributed by atoms with Crippen molar-refractivity contribution >= 4 is 17.5 Å². The van der Waals surface area contributed by atoms with Gasteiger partial charge >= 0.3 is 0 Å². The van der Waals surface area contributed by atoms with Gasteiger partial charge in [-0.05, 0) is 30.0 Å². The Morgan fingerprint density at radius 3 is 2.43 bits per heavy atom. The van der Waals surface area contributed by atoms with Crippen molar-refractivity contribution in [3.05, 3.63) is 29.3 Å². The zero-order valence-electron chi connectivity index (χ0n) is 12.6. The number of carbonyl (C=O) groups is 2. The lowest BCUT2D eigenvalue weighted by Crippen LogP contribution is -2.46. The minimum Gasteiger partial charge on any atom is -0.384 e. The zero-order chi connectivity index (χ0) is 15.6. The molecule has 110 valence electrons. The van der Waals surface area contributed by atoms with Crippen molar-refractivity contribution in [1.29, 1.82) is 0 Å². The van der Waals surface area contributed by atoms with Gasteiger partial charge < -0.3 is 5.11 Å². The number of anilines is 1. The second-order valence-corrected chi connectivity index (χ2v) is 6.10. The molecule has 1 fully saturated rings. The lowest BCUT2D eigenvalue weighted by atomic mass is 9.81. The Morgan fingerprint density at radius 2 is 1.86 bits per heavy atom. The molecule has 0 aliphatic carbocycles. The maximum absolute atomic E-state index is 12.3. The predicted octanol–water partition coefficient (Wildman–Crippen LogP) is 2.02. The van der Waals surface area contributed by atoms with Crippen LogP contribution in [0.25, 0.3) is 0 Å². The molecule has 1 saturated heterocycles. The summed E-state index contributed by atoms with van der Waals surface area (Å²) in [5, 5.41) is 8.79. The molecule has 0 unspecified atom stereocenters. The molecule has 4 nitrogen and oxygen atoms in total. The van der Waals surface area contributed by atoms with Gasteiger partial charge in [0.15, 0.2) is 0 Å². The molecule has 0 saturated carbocycles. The summed E-state index contributed by atoms with van der Waals surface area (Å²) in [6.45, 7) is 5.52. The van der Waals surface area contributed by atoms with Gasteiger partial charge in [0, 0.05) is 18.4 Å². The monoisotopic (exact) mass is 285 g/mol. The second kappa shape index (κ2) is 5.71. The first-order valence-corrected chi connectivity index (χ1v) is 6.90. The smallest absolute Gasteiger partial charge is 0.234 e. The lowest BCUT2D eigenvalue weighted by molar-refractivity contribution is -0.132. The van der Waals surface area contributed by atoms with Gasteiger partial charge in [0.25, 0.3) is 0 Å². The number of hydrogen-bond acceptors (Lipinski definition) is 3. The Bertz CT molecular complexity index is 630. The summed E-state index contributed by atoms with van der Waals surface area (Å²) in [6, 6.07) is 5.32. The number of aryl methyl sites for hydroxylation is 1. The second-order valence-electron chi connectivity index (χ2n) is 6.10. The molecule has 21 heavy (non-hydrogen) atoms. The van der Waals surface area contributed by atoms with E-state index in [0.29, 0.717) is 24.1 Å². The number of benzene rings is 1. The molecule has 2 amide bonds. The Balaban J connectivity index is 2.38. The summed E-state index contributed by atoms with van der Waals surface area (Å²) >= 11 is 0. The number of hydrogen-bond donors (Lipinski definition) is 1. The highest BCUT2D eigenvalue weighted by molar-refractivity contribution is 6.17. The summed E-state index contributed by atoms with van der Waals surface area (Å²) in [5.41, 5.74) is 1.92. The van der Waals surface area contributed by atoms with Crippen LogP contribution in [-0.2, 0) is 9.59 Å². The van der Waals surface area contributed by atoms with Crippen LogP contribution in [0.4, 0.5) is 5.69 Å². The van der Waals surface area contributed by atoms with Crippen molar-refractivity contribution in [3.63, 3.8) is 0 Å². The van der Waals surface area contributed by atoms with E-state index in [9.17, 15) is 9.59 Å². The molecule has 0 spiro atoms. The van der Waals surface area contributed by atoms with E-state index in [1.807, 2.05) is 26.8 Å². The highest BCUT2D eigenvalue weighted by atomic mass is 16.2. The van der Waals surface area contributed by atoms with Crippen LogP contribution < -0.4 is 4.90 Å². The van der Waals surface area contributed by atoms with E-state index in [1.165, 1.54) is 4.90 Å². The van der Waals surface area contributed by atoms with E-state index < -0.39 is 0 Å². The zero-order valence-corrected chi connectivity index (χ0v) is 12.6. The third-order valence-electron chi connectivity index (χ3n) is 3.54. The molecule has 0 bridgehead atoms. The summed E-state index contributed by atoms with van der Waals surface area (Å²) in [6.07, 6.45) is 0.703. The number of piperidine rings is 1. The van der Waals surface area contributed by atoms with E-state index >= 15 is 0 Å². The Morgan fingerprint density at radius 1 is 1.24 bits per heavy atom. The quantitative estimate of drug-likeness (QED) is 0.634. The number of amides is 2. The van der Waals surface area contributed by atoms with E-state index in [4.69, 9.17) is 5.11 Å². The number of aliphatic hydroxyl groups is 1. The summed E-state index contributed by atoms with van der Waals surface area (Å²) in [4.78, 5) is 25.8. The summed E-state index contributed by atoms with van der Waals surface area (Å²) < 4.78 is 0. The molecular weight excluding hydrogens is 266 g/mol. The van der Waals surface area contributed by atoms with Gasteiger partial charge in [0.05, 0.1) is 5.69 Å². The van der Waals surface area contributed by atoms with Crippen molar-refractivity contribution in [1.82, 2.24) is 0 Å². The highest BCUT2D eigenvalue weighted by Gasteiger charge is 2.38. The number of imide groups is 1. The lowest BCUT2D eigenvalue weighted by Gasteiger charge is -2.34. The molecule has 1 aromatic carbocycles. The van der Waals surface area contributed by atoms with Crippen molar-refractivity contribution in [2.24, 2.45) is 5.41 Å². The van der Waals surface area contributed by atoms with Crippen molar-refractivity contribution in [3.8, 4) is 11.8 Å². The normalized spacial score (nSPS) is 17.4. The van der Waals surface area contributed by atoms with Crippen LogP contribution >= 0.6 is 0 Å².